The van der Waals surface area contributed by atoms with Gasteiger partial charge in [-0.2, -0.15) is 4.31 Å². The molecular weight excluding hydrogens is 506 g/mol. The minimum absolute atomic E-state index is 0.159. The molecule has 0 aliphatic carbocycles. The zero-order valence-electron chi connectivity index (χ0n) is 20.0. The molecule has 0 atom stereocenters. The minimum Gasteiger partial charge on any atom is -0.443 e. The van der Waals surface area contributed by atoms with E-state index in [9.17, 15) is 18.0 Å². The number of aromatic nitrogens is 2. The topological polar surface area (TPSA) is 134 Å². The Morgan fingerprint density at radius 2 is 1.75 bits per heavy atom. The number of piperazine rings is 1. The molecule has 2 aromatic heterocycles. The van der Waals surface area contributed by atoms with E-state index in [0.717, 1.165) is 11.3 Å². The summed E-state index contributed by atoms with van der Waals surface area (Å²) in [6, 6.07) is 9.89. The molecule has 0 saturated carbocycles. The molecule has 1 fully saturated rings. The first-order valence-electron chi connectivity index (χ1n) is 11.2. The van der Waals surface area contributed by atoms with Gasteiger partial charge in [0.15, 0.2) is 5.13 Å². The smallest absolute Gasteiger partial charge is 0.418 e. The molecule has 3 heterocycles. The number of amides is 1. The lowest BCUT2D eigenvalue weighted by Crippen LogP contribution is -2.48. The Morgan fingerprint density at radius 3 is 2.36 bits per heavy atom. The van der Waals surface area contributed by atoms with Gasteiger partial charge in [0.25, 0.3) is 5.91 Å². The predicted octanol–water partition coefficient (Wildman–Crippen LogP) is 3.02. The molecule has 4 rings (SSSR count). The van der Waals surface area contributed by atoms with Crippen molar-refractivity contribution in [2.24, 2.45) is 0 Å². The van der Waals surface area contributed by atoms with E-state index in [1.807, 2.05) is 4.90 Å². The van der Waals surface area contributed by atoms with Crippen LogP contribution in [0.3, 0.4) is 0 Å². The highest BCUT2D eigenvalue weighted by Crippen LogP contribution is 2.27. The highest BCUT2D eigenvalue weighted by atomic mass is 32.2. The third-order valence-electron chi connectivity index (χ3n) is 5.45. The van der Waals surface area contributed by atoms with Gasteiger partial charge in [-0.15, -0.1) is 0 Å². The number of nitrogens with one attached hydrogen (secondary N) is 1. The molecule has 0 unspecified atom stereocenters. The molecular formula is C23H27N5O6S2. The fraction of sp³-hybridized carbons (Fsp3) is 0.348. The van der Waals surface area contributed by atoms with E-state index < -0.39 is 27.6 Å². The van der Waals surface area contributed by atoms with E-state index in [4.69, 9.17) is 9.94 Å². The lowest BCUT2D eigenvalue weighted by molar-refractivity contribution is 0.0540. The van der Waals surface area contributed by atoms with Gasteiger partial charge in [0.2, 0.25) is 10.0 Å². The number of hydroxylamine groups is 1. The number of benzene rings is 1. The number of thiazole rings is 1. The maximum Gasteiger partial charge on any atom is 0.418 e. The van der Waals surface area contributed by atoms with Crippen LogP contribution in [-0.2, 0) is 14.8 Å². The van der Waals surface area contributed by atoms with Gasteiger partial charge < -0.3 is 9.64 Å². The summed E-state index contributed by atoms with van der Waals surface area (Å²) in [6.07, 6.45) is 2.46. The lowest BCUT2D eigenvalue weighted by atomic mass is 10.1. The van der Waals surface area contributed by atoms with Crippen molar-refractivity contribution in [2.75, 3.05) is 31.1 Å². The molecule has 0 radical (unpaired) electrons. The summed E-state index contributed by atoms with van der Waals surface area (Å²) in [7, 11) is -3.72. The first kappa shape index (κ1) is 25.8. The van der Waals surface area contributed by atoms with Crippen LogP contribution in [0.25, 0.3) is 11.3 Å². The second-order valence-electron chi connectivity index (χ2n) is 9.11. The van der Waals surface area contributed by atoms with Crippen LogP contribution in [0.15, 0.2) is 53.7 Å². The monoisotopic (exact) mass is 533 g/mol. The van der Waals surface area contributed by atoms with Crippen molar-refractivity contribution < 1.29 is 28.0 Å². The number of rotatable bonds is 5. The normalized spacial score (nSPS) is 15.1. The molecule has 1 saturated heterocycles. The summed E-state index contributed by atoms with van der Waals surface area (Å²) in [5, 5.41) is 9.35. The Kier molecular flexibility index (Phi) is 7.18. The van der Waals surface area contributed by atoms with E-state index in [2.05, 4.69) is 4.98 Å². The summed E-state index contributed by atoms with van der Waals surface area (Å²) < 4.78 is 34.7. The van der Waals surface area contributed by atoms with Gasteiger partial charge in [-0.05, 0) is 50.6 Å². The number of nitrogens with zero attached hydrogens (tertiary/aromatic N) is 4. The Labute approximate surface area is 212 Å². The molecule has 11 nitrogen and oxygen atoms in total. The van der Waals surface area contributed by atoms with E-state index in [1.54, 1.807) is 56.7 Å². The number of anilines is 1. The Balaban J connectivity index is 1.44. The quantitative estimate of drug-likeness (QED) is 0.378. The van der Waals surface area contributed by atoms with Gasteiger partial charge in [-0.1, -0.05) is 23.5 Å². The molecule has 0 spiro atoms. The summed E-state index contributed by atoms with van der Waals surface area (Å²) >= 11 is 1.12. The van der Waals surface area contributed by atoms with Gasteiger partial charge in [0.05, 0.1) is 16.8 Å². The lowest BCUT2D eigenvalue weighted by Gasteiger charge is -2.33. The van der Waals surface area contributed by atoms with E-state index >= 15 is 0 Å². The van der Waals surface area contributed by atoms with Crippen molar-refractivity contribution in [2.45, 2.75) is 31.3 Å². The summed E-state index contributed by atoms with van der Waals surface area (Å²) in [5.41, 5.74) is 2.21. The van der Waals surface area contributed by atoms with Crippen LogP contribution in [0.1, 0.15) is 30.4 Å². The van der Waals surface area contributed by atoms with E-state index in [1.165, 1.54) is 27.2 Å². The second kappa shape index (κ2) is 10.0. The first-order valence-corrected chi connectivity index (χ1v) is 13.4. The van der Waals surface area contributed by atoms with Crippen molar-refractivity contribution in [3.05, 3.63) is 53.7 Å². The number of carbonyl (C=O) groups is 2. The van der Waals surface area contributed by atoms with Gasteiger partial charge in [-0.3, -0.25) is 14.6 Å². The van der Waals surface area contributed by atoms with Crippen molar-refractivity contribution >= 4 is 38.5 Å². The molecule has 1 aromatic carbocycles. The Morgan fingerprint density at radius 1 is 1.08 bits per heavy atom. The molecule has 1 amide bonds. The van der Waals surface area contributed by atoms with Crippen LogP contribution in [0.2, 0.25) is 0 Å². The fourth-order valence-corrected chi connectivity index (χ4v) is 6.00. The minimum atomic E-state index is -3.72. The molecule has 36 heavy (non-hydrogen) atoms. The second-order valence-corrected chi connectivity index (χ2v) is 12.1. The van der Waals surface area contributed by atoms with E-state index in [-0.39, 0.29) is 22.9 Å². The third-order valence-corrected chi connectivity index (χ3v) is 8.42. The fourth-order valence-electron chi connectivity index (χ4n) is 3.72. The number of hydrogen-bond donors (Lipinski definition) is 2. The molecule has 3 aromatic rings. The molecule has 2 N–H and O–H groups in total. The van der Waals surface area contributed by atoms with Gasteiger partial charge in [0.1, 0.15) is 10.5 Å². The summed E-state index contributed by atoms with van der Waals surface area (Å²) in [4.78, 5) is 30.6. The SMILES string of the molecule is CC(C)(C)OC(=O)n1cccc1-c1ccc(S(=O)(=O)N2CCN(c3ncc(C(=O)NO)s3)CC2)cc1. The first-order chi connectivity index (χ1) is 17.0. The molecule has 1 aliphatic heterocycles. The van der Waals surface area contributed by atoms with Crippen molar-refractivity contribution in [3.8, 4) is 11.3 Å². The molecule has 192 valence electrons. The summed E-state index contributed by atoms with van der Waals surface area (Å²) in [5.74, 6) is -0.637. The Hall–Kier alpha value is -3.26. The van der Waals surface area contributed by atoms with Crippen LogP contribution < -0.4 is 10.4 Å². The highest BCUT2D eigenvalue weighted by molar-refractivity contribution is 7.89. The van der Waals surface area contributed by atoms with Gasteiger partial charge in [0, 0.05) is 32.4 Å². The van der Waals surface area contributed by atoms with Crippen LogP contribution in [0.4, 0.5) is 9.93 Å². The average Bonchev–Trinajstić information content (AvgIpc) is 3.53. The molecule has 0 bridgehead atoms. The average molecular weight is 534 g/mol. The van der Waals surface area contributed by atoms with Crippen LogP contribution in [0, 0.1) is 0 Å². The van der Waals surface area contributed by atoms with Gasteiger partial charge in [-0.25, -0.2) is 23.7 Å². The zero-order valence-corrected chi connectivity index (χ0v) is 21.7. The highest BCUT2D eigenvalue weighted by Gasteiger charge is 2.30. The van der Waals surface area contributed by atoms with Gasteiger partial charge >= 0.3 is 6.09 Å². The van der Waals surface area contributed by atoms with Crippen LogP contribution in [-0.4, -0.2) is 71.3 Å². The maximum atomic E-state index is 13.2. The van der Waals surface area contributed by atoms with Crippen molar-refractivity contribution in [1.29, 1.82) is 0 Å². The standard InChI is InChI=1S/C23H27N5O6S2/c1-23(2,3)34-22(30)28-10-4-5-18(28)16-6-8-17(9-7-16)36(32,33)27-13-11-26(12-14-27)21-24-15-19(35-21)20(29)25-31/h4-10,15,31H,11-14H2,1-3H3,(H,25,29). The predicted molar refractivity (Wildman–Crippen MR) is 134 cm³/mol. The molecule has 13 heteroatoms. The maximum absolute atomic E-state index is 13.2. The Bertz CT molecular complexity index is 1350. The largest absolute Gasteiger partial charge is 0.443 e. The number of sulfonamides is 1. The van der Waals surface area contributed by atoms with Crippen LogP contribution in [0.5, 0.6) is 0 Å². The summed E-state index contributed by atoms with van der Waals surface area (Å²) in [6.45, 7) is 6.70. The van der Waals surface area contributed by atoms with Crippen LogP contribution >= 0.6 is 11.3 Å². The molecule has 1 aliphatic rings. The third kappa shape index (κ3) is 5.43. The van der Waals surface area contributed by atoms with E-state index in [0.29, 0.717) is 29.5 Å². The van der Waals surface area contributed by atoms with Crippen molar-refractivity contribution in [3.63, 3.8) is 0 Å². The van der Waals surface area contributed by atoms with Crippen molar-refractivity contribution in [1.82, 2.24) is 19.3 Å². The number of hydrogen-bond acceptors (Lipinski definition) is 9. The number of carbonyl (C=O) groups excluding carboxylic acids is 2. The number of ether oxygens (including phenoxy) is 1. The zero-order chi connectivity index (χ0) is 26.1.